The Morgan fingerprint density at radius 3 is 3.05 bits per heavy atom. The van der Waals surface area contributed by atoms with Gasteiger partial charge in [0.05, 0.1) is 6.20 Å². The summed E-state index contributed by atoms with van der Waals surface area (Å²) in [5.41, 5.74) is 3.03. The molecule has 1 aliphatic rings. The van der Waals surface area contributed by atoms with Crippen LogP contribution >= 0.6 is 0 Å². The molecule has 3 rings (SSSR count). The number of carbonyl (C=O) groups excluding carboxylic acids is 1. The third-order valence-electron chi connectivity index (χ3n) is 3.64. The molecular weight excluding hydrogens is 252 g/mol. The molecule has 0 saturated heterocycles. The van der Waals surface area contributed by atoms with Gasteiger partial charge in [0, 0.05) is 30.3 Å². The minimum absolute atomic E-state index is 0.252. The molecule has 4 nitrogen and oxygen atoms in total. The molecular formula is C16H18N2O2. The van der Waals surface area contributed by atoms with E-state index in [1.807, 2.05) is 35.3 Å². The van der Waals surface area contributed by atoms with E-state index in [1.165, 1.54) is 0 Å². The van der Waals surface area contributed by atoms with Gasteiger partial charge in [-0.2, -0.15) is 5.10 Å². The first-order valence-corrected chi connectivity index (χ1v) is 7.06. The Hall–Kier alpha value is -2.10. The smallest absolute Gasteiger partial charge is 0.163 e. The van der Waals surface area contributed by atoms with Crippen molar-refractivity contribution in [3.63, 3.8) is 0 Å². The minimum Gasteiger partial charge on any atom is -0.489 e. The van der Waals surface area contributed by atoms with Crippen molar-refractivity contribution in [3.05, 3.63) is 47.3 Å². The number of ketones is 1. The normalized spacial score (nSPS) is 14.2. The summed E-state index contributed by atoms with van der Waals surface area (Å²) in [7, 11) is 0. The standard InChI is InChI=1S/C16H18N2O2/c1-2-18-10-12(9-17-18)11-20-14-6-7-15-13(8-14)4-3-5-16(15)19/h6-10H,2-5,11H2,1H3. The molecule has 1 heterocycles. The van der Waals surface area contributed by atoms with Crippen molar-refractivity contribution in [1.29, 1.82) is 0 Å². The lowest BCUT2D eigenvalue weighted by atomic mass is 9.90. The van der Waals surface area contributed by atoms with Gasteiger partial charge < -0.3 is 4.74 Å². The Bertz CT molecular complexity index is 631. The second kappa shape index (κ2) is 5.49. The molecule has 0 N–H and O–H groups in total. The number of aryl methyl sites for hydroxylation is 2. The summed E-state index contributed by atoms with van der Waals surface area (Å²) in [5, 5.41) is 4.22. The Labute approximate surface area is 118 Å². The molecule has 1 aliphatic carbocycles. The van der Waals surface area contributed by atoms with Gasteiger partial charge in [-0.05, 0) is 43.5 Å². The molecule has 0 spiro atoms. The minimum atomic E-state index is 0.252. The van der Waals surface area contributed by atoms with Gasteiger partial charge in [0.2, 0.25) is 0 Å². The lowest BCUT2D eigenvalue weighted by molar-refractivity contribution is 0.0972. The molecule has 0 bridgehead atoms. The van der Waals surface area contributed by atoms with E-state index >= 15 is 0 Å². The highest BCUT2D eigenvalue weighted by Gasteiger charge is 2.17. The topological polar surface area (TPSA) is 44.1 Å². The van der Waals surface area contributed by atoms with Crippen LogP contribution in [-0.2, 0) is 19.6 Å². The molecule has 0 saturated carbocycles. The SMILES string of the molecule is CCn1cc(COc2ccc3c(c2)CCCC3=O)cn1. The van der Waals surface area contributed by atoms with Crippen LogP contribution in [0.5, 0.6) is 5.75 Å². The number of nitrogens with zero attached hydrogens (tertiary/aromatic N) is 2. The van der Waals surface area contributed by atoms with Gasteiger partial charge in [-0.25, -0.2) is 0 Å². The van der Waals surface area contributed by atoms with Crippen molar-refractivity contribution in [2.24, 2.45) is 0 Å². The molecule has 1 aromatic carbocycles. The summed E-state index contributed by atoms with van der Waals surface area (Å²) in [4.78, 5) is 11.8. The zero-order valence-corrected chi connectivity index (χ0v) is 11.6. The molecule has 0 atom stereocenters. The number of carbonyl (C=O) groups is 1. The van der Waals surface area contributed by atoms with Crippen LogP contribution in [0.2, 0.25) is 0 Å². The first-order chi connectivity index (χ1) is 9.76. The molecule has 4 heteroatoms. The number of hydrogen-bond acceptors (Lipinski definition) is 3. The second-order valence-corrected chi connectivity index (χ2v) is 5.09. The van der Waals surface area contributed by atoms with E-state index in [0.29, 0.717) is 13.0 Å². The van der Waals surface area contributed by atoms with Gasteiger partial charge in [0.15, 0.2) is 5.78 Å². The molecule has 20 heavy (non-hydrogen) atoms. The zero-order valence-electron chi connectivity index (χ0n) is 11.6. The molecule has 2 aromatic rings. The lowest BCUT2D eigenvalue weighted by Crippen LogP contribution is -2.10. The Morgan fingerprint density at radius 1 is 1.35 bits per heavy atom. The fourth-order valence-electron chi connectivity index (χ4n) is 2.53. The number of benzene rings is 1. The first kappa shape index (κ1) is 12.9. The Balaban J connectivity index is 1.70. The van der Waals surface area contributed by atoms with Gasteiger partial charge in [-0.3, -0.25) is 9.48 Å². The van der Waals surface area contributed by atoms with Crippen molar-refractivity contribution in [2.75, 3.05) is 0 Å². The van der Waals surface area contributed by atoms with Crippen LogP contribution in [0.4, 0.5) is 0 Å². The van der Waals surface area contributed by atoms with Crippen molar-refractivity contribution >= 4 is 5.78 Å². The predicted molar refractivity (Wildman–Crippen MR) is 75.9 cm³/mol. The average Bonchev–Trinajstić information content (AvgIpc) is 2.93. The third kappa shape index (κ3) is 2.59. The Kier molecular flexibility index (Phi) is 3.54. The van der Waals surface area contributed by atoms with E-state index in [4.69, 9.17) is 4.74 Å². The van der Waals surface area contributed by atoms with Gasteiger partial charge in [-0.1, -0.05) is 0 Å². The van der Waals surface area contributed by atoms with Crippen molar-refractivity contribution < 1.29 is 9.53 Å². The fraction of sp³-hybridized carbons (Fsp3) is 0.375. The van der Waals surface area contributed by atoms with Crippen molar-refractivity contribution in [2.45, 2.75) is 39.3 Å². The third-order valence-corrected chi connectivity index (χ3v) is 3.64. The monoisotopic (exact) mass is 270 g/mol. The van der Waals surface area contributed by atoms with Crippen molar-refractivity contribution in [3.8, 4) is 5.75 Å². The summed E-state index contributed by atoms with van der Waals surface area (Å²) in [6.07, 6.45) is 6.39. The number of ether oxygens (including phenoxy) is 1. The highest BCUT2D eigenvalue weighted by molar-refractivity contribution is 5.98. The van der Waals surface area contributed by atoms with E-state index < -0.39 is 0 Å². The quantitative estimate of drug-likeness (QED) is 0.857. The molecule has 0 radical (unpaired) electrons. The van der Waals surface area contributed by atoms with E-state index in [1.54, 1.807) is 0 Å². The van der Waals surface area contributed by atoms with Crippen LogP contribution in [0.1, 0.15) is 41.3 Å². The zero-order chi connectivity index (χ0) is 13.9. The summed E-state index contributed by atoms with van der Waals surface area (Å²) in [6.45, 7) is 3.42. The number of hydrogen-bond donors (Lipinski definition) is 0. The van der Waals surface area contributed by atoms with Crippen LogP contribution in [0, 0.1) is 0 Å². The van der Waals surface area contributed by atoms with E-state index in [9.17, 15) is 4.79 Å². The molecule has 0 amide bonds. The van der Waals surface area contributed by atoms with Gasteiger partial charge >= 0.3 is 0 Å². The maximum Gasteiger partial charge on any atom is 0.163 e. The van der Waals surface area contributed by atoms with Crippen LogP contribution in [0.15, 0.2) is 30.6 Å². The van der Waals surface area contributed by atoms with Gasteiger partial charge in [-0.15, -0.1) is 0 Å². The van der Waals surface area contributed by atoms with Crippen LogP contribution in [0.25, 0.3) is 0 Å². The number of aromatic nitrogens is 2. The molecule has 0 fully saturated rings. The average molecular weight is 270 g/mol. The second-order valence-electron chi connectivity index (χ2n) is 5.09. The highest BCUT2D eigenvalue weighted by atomic mass is 16.5. The highest BCUT2D eigenvalue weighted by Crippen LogP contribution is 2.25. The summed E-state index contributed by atoms with van der Waals surface area (Å²) < 4.78 is 7.67. The first-order valence-electron chi connectivity index (χ1n) is 7.06. The molecule has 1 aromatic heterocycles. The molecule has 0 aliphatic heterocycles. The maximum atomic E-state index is 11.8. The number of Topliss-reactive ketones (excluding diaryl/α,β-unsaturated/α-hetero) is 1. The maximum absolute atomic E-state index is 11.8. The summed E-state index contributed by atoms with van der Waals surface area (Å²) in [6, 6.07) is 5.77. The van der Waals surface area contributed by atoms with Gasteiger partial charge in [0.1, 0.15) is 12.4 Å². The summed E-state index contributed by atoms with van der Waals surface area (Å²) in [5.74, 6) is 1.07. The van der Waals surface area contributed by atoms with E-state index in [2.05, 4.69) is 12.0 Å². The molecule has 104 valence electrons. The fourth-order valence-corrected chi connectivity index (χ4v) is 2.53. The van der Waals surface area contributed by atoms with Crippen LogP contribution in [-0.4, -0.2) is 15.6 Å². The molecule has 0 unspecified atom stereocenters. The van der Waals surface area contributed by atoms with Crippen LogP contribution in [0.3, 0.4) is 0 Å². The largest absolute Gasteiger partial charge is 0.489 e. The van der Waals surface area contributed by atoms with Gasteiger partial charge in [0.25, 0.3) is 0 Å². The predicted octanol–water partition coefficient (Wildman–Crippen LogP) is 3.00. The number of fused-ring (bicyclic) bond motifs is 1. The Morgan fingerprint density at radius 2 is 2.25 bits per heavy atom. The number of rotatable bonds is 4. The van der Waals surface area contributed by atoms with Crippen LogP contribution < -0.4 is 4.74 Å². The summed E-state index contributed by atoms with van der Waals surface area (Å²) >= 11 is 0. The van der Waals surface area contributed by atoms with E-state index in [0.717, 1.165) is 41.8 Å². The lowest BCUT2D eigenvalue weighted by Gasteiger charge is -2.15. The van der Waals surface area contributed by atoms with E-state index in [-0.39, 0.29) is 5.78 Å². The van der Waals surface area contributed by atoms with Crippen molar-refractivity contribution in [1.82, 2.24) is 9.78 Å².